The van der Waals surface area contributed by atoms with Crippen LogP contribution in [0.1, 0.15) is 11.7 Å². The molecule has 4 rings (SSSR count). The topological polar surface area (TPSA) is 92.3 Å². The van der Waals surface area contributed by atoms with Crippen LogP contribution in [0.15, 0.2) is 41.1 Å². The van der Waals surface area contributed by atoms with Gasteiger partial charge in [0.15, 0.2) is 0 Å². The van der Waals surface area contributed by atoms with Crippen molar-refractivity contribution >= 4 is 11.7 Å². The maximum atomic E-state index is 12.5. The molecule has 0 saturated carbocycles. The number of hydrogen-bond acceptors (Lipinski definition) is 6. The summed E-state index contributed by atoms with van der Waals surface area (Å²) in [5.74, 6) is 2.03. The third-order valence-electron chi connectivity index (χ3n) is 4.85. The Morgan fingerprint density at radius 3 is 2.50 bits per heavy atom. The molecule has 0 aliphatic carbocycles. The largest absolute Gasteiger partial charge is 0.421 e. The first-order chi connectivity index (χ1) is 13.6. The lowest BCUT2D eigenvalue weighted by Crippen LogP contribution is -2.49. The quantitative estimate of drug-likeness (QED) is 0.744. The zero-order valence-corrected chi connectivity index (χ0v) is 16.0. The predicted octanol–water partition coefficient (Wildman–Crippen LogP) is 2.13. The minimum Gasteiger partial charge on any atom is -0.421 e. The molecule has 2 amide bonds. The molecule has 1 saturated heterocycles. The van der Waals surface area contributed by atoms with Crippen molar-refractivity contribution in [2.75, 3.05) is 31.5 Å². The molecule has 0 spiro atoms. The molecule has 0 unspecified atom stereocenters. The summed E-state index contributed by atoms with van der Waals surface area (Å²) in [7, 11) is 2.00. The Hall–Kier alpha value is -3.20. The van der Waals surface area contributed by atoms with E-state index in [1.807, 2.05) is 53.2 Å². The first-order valence-electron chi connectivity index (χ1n) is 9.23. The van der Waals surface area contributed by atoms with E-state index < -0.39 is 0 Å². The molecule has 2 aromatic heterocycles. The van der Waals surface area contributed by atoms with E-state index in [9.17, 15) is 4.79 Å². The van der Waals surface area contributed by atoms with Gasteiger partial charge in [0.1, 0.15) is 5.82 Å². The van der Waals surface area contributed by atoms with E-state index in [1.54, 1.807) is 6.92 Å². The monoisotopic (exact) mass is 381 g/mol. The number of aromatic nitrogens is 4. The summed E-state index contributed by atoms with van der Waals surface area (Å²) in [6.45, 7) is 5.59. The van der Waals surface area contributed by atoms with E-state index in [1.165, 1.54) is 0 Å². The second kappa shape index (κ2) is 7.81. The van der Waals surface area contributed by atoms with E-state index in [-0.39, 0.29) is 6.03 Å². The Bertz CT molecular complexity index is 939. The molecule has 1 aromatic carbocycles. The molecule has 3 heterocycles. The van der Waals surface area contributed by atoms with Gasteiger partial charge in [-0.25, -0.2) is 9.78 Å². The number of rotatable bonds is 4. The number of imidazole rings is 1. The van der Waals surface area contributed by atoms with Gasteiger partial charge in [-0.05, 0) is 24.3 Å². The van der Waals surface area contributed by atoms with Crippen LogP contribution in [0.2, 0.25) is 0 Å². The molecular weight excluding hydrogens is 358 g/mol. The highest BCUT2D eigenvalue weighted by Crippen LogP contribution is 2.20. The Kier molecular flexibility index (Phi) is 5.07. The molecule has 1 fully saturated rings. The Balaban J connectivity index is 1.29. The molecule has 0 atom stereocenters. The summed E-state index contributed by atoms with van der Waals surface area (Å²) >= 11 is 0. The highest BCUT2D eigenvalue weighted by atomic mass is 16.4. The van der Waals surface area contributed by atoms with Crippen LogP contribution in [0.4, 0.5) is 10.5 Å². The number of benzene rings is 1. The maximum absolute atomic E-state index is 12.5. The van der Waals surface area contributed by atoms with E-state index >= 15 is 0 Å². The summed E-state index contributed by atoms with van der Waals surface area (Å²) in [5, 5.41) is 10.8. The van der Waals surface area contributed by atoms with E-state index in [0.717, 1.165) is 36.7 Å². The average molecular weight is 381 g/mol. The fraction of sp³-hybridized carbons (Fsp3) is 0.368. The van der Waals surface area contributed by atoms with Crippen LogP contribution in [0.5, 0.6) is 0 Å². The van der Waals surface area contributed by atoms with Crippen molar-refractivity contribution in [1.82, 2.24) is 29.5 Å². The van der Waals surface area contributed by atoms with Crippen molar-refractivity contribution in [1.29, 1.82) is 0 Å². The van der Waals surface area contributed by atoms with Gasteiger partial charge in [0.25, 0.3) is 0 Å². The molecule has 1 N–H and O–H groups in total. The van der Waals surface area contributed by atoms with Crippen LogP contribution in [0.3, 0.4) is 0 Å². The van der Waals surface area contributed by atoms with E-state index in [4.69, 9.17) is 4.42 Å². The predicted molar refractivity (Wildman–Crippen MR) is 104 cm³/mol. The number of nitrogens with one attached hydrogen (secondary N) is 1. The maximum Gasteiger partial charge on any atom is 0.321 e. The van der Waals surface area contributed by atoms with Crippen molar-refractivity contribution in [2.24, 2.45) is 7.05 Å². The van der Waals surface area contributed by atoms with Gasteiger partial charge in [-0.3, -0.25) is 4.90 Å². The lowest BCUT2D eigenvalue weighted by molar-refractivity contribution is 0.140. The van der Waals surface area contributed by atoms with Crippen molar-refractivity contribution < 1.29 is 9.21 Å². The lowest BCUT2D eigenvalue weighted by atomic mass is 10.2. The molecular formula is C19H23N7O2. The second-order valence-electron chi connectivity index (χ2n) is 6.85. The number of hydrogen-bond donors (Lipinski definition) is 1. The van der Waals surface area contributed by atoms with Crippen molar-refractivity contribution in [3.05, 3.63) is 48.4 Å². The van der Waals surface area contributed by atoms with Crippen molar-refractivity contribution in [2.45, 2.75) is 13.5 Å². The molecule has 28 heavy (non-hydrogen) atoms. The fourth-order valence-electron chi connectivity index (χ4n) is 3.17. The molecule has 0 bridgehead atoms. The third kappa shape index (κ3) is 4.04. The van der Waals surface area contributed by atoms with Gasteiger partial charge < -0.3 is 19.2 Å². The van der Waals surface area contributed by atoms with E-state index in [2.05, 4.69) is 25.4 Å². The Morgan fingerprint density at radius 1 is 1.14 bits per heavy atom. The zero-order chi connectivity index (χ0) is 19.5. The first-order valence-corrected chi connectivity index (χ1v) is 9.23. The molecule has 1 aliphatic rings. The highest BCUT2D eigenvalue weighted by molar-refractivity contribution is 5.89. The molecule has 3 aromatic rings. The van der Waals surface area contributed by atoms with Gasteiger partial charge in [0.2, 0.25) is 11.8 Å². The number of urea groups is 1. The third-order valence-corrected chi connectivity index (χ3v) is 4.85. The van der Waals surface area contributed by atoms with Crippen LogP contribution in [-0.2, 0) is 13.6 Å². The summed E-state index contributed by atoms with van der Waals surface area (Å²) in [6.07, 6.45) is 3.76. The second-order valence-corrected chi connectivity index (χ2v) is 6.85. The number of anilines is 1. The first kappa shape index (κ1) is 18.2. The number of carbonyl (C=O) groups is 1. The number of nitrogens with zero attached hydrogens (tertiary/aromatic N) is 6. The smallest absolute Gasteiger partial charge is 0.321 e. The minimum absolute atomic E-state index is 0.0852. The van der Waals surface area contributed by atoms with Gasteiger partial charge in [0, 0.05) is 63.8 Å². The zero-order valence-electron chi connectivity index (χ0n) is 16.0. The summed E-state index contributed by atoms with van der Waals surface area (Å²) < 4.78 is 7.44. The Morgan fingerprint density at radius 2 is 1.89 bits per heavy atom. The van der Waals surface area contributed by atoms with Crippen molar-refractivity contribution in [3.63, 3.8) is 0 Å². The number of piperazine rings is 1. The standard InChI is InChI=1S/C19H23N7O2/c1-14-22-23-18(28-14)15-3-5-16(6-4-15)21-19(27)26-11-9-25(10-12-26)13-17-20-7-8-24(17)2/h3-8H,9-13H2,1-2H3,(H,21,27). The molecule has 1 aliphatic heterocycles. The number of carbonyl (C=O) groups excluding carboxylic acids is 1. The average Bonchev–Trinajstić information content (AvgIpc) is 3.31. The van der Waals surface area contributed by atoms with Gasteiger partial charge in [-0.2, -0.15) is 0 Å². The molecule has 146 valence electrons. The van der Waals surface area contributed by atoms with Gasteiger partial charge in [0.05, 0.1) is 6.54 Å². The van der Waals surface area contributed by atoms with Crippen molar-refractivity contribution in [3.8, 4) is 11.5 Å². The van der Waals surface area contributed by atoms with Gasteiger partial charge in [-0.15, -0.1) is 10.2 Å². The lowest BCUT2D eigenvalue weighted by Gasteiger charge is -2.34. The SMILES string of the molecule is Cc1nnc(-c2ccc(NC(=O)N3CCN(Cc4nccn4C)CC3)cc2)o1. The van der Waals surface area contributed by atoms with Crippen LogP contribution in [-0.4, -0.2) is 61.8 Å². The number of aryl methyl sites for hydroxylation is 2. The van der Waals surface area contributed by atoms with Crippen LogP contribution < -0.4 is 5.32 Å². The number of amides is 2. The molecule has 9 heteroatoms. The van der Waals surface area contributed by atoms with E-state index in [0.29, 0.717) is 24.9 Å². The summed E-state index contributed by atoms with van der Waals surface area (Å²) in [6, 6.07) is 7.30. The fourth-order valence-corrected chi connectivity index (χ4v) is 3.17. The van der Waals surface area contributed by atoms with Gasteiger partial charge >= 0.3 is 6.03 Å². The minimum atomic E-state index is -0.0852. The van der Waals surface area contributed by atoms with Crippen LogP contribution >= 0.6 is 0 Å². The van der Waals surface area contributed by atoms with Crippen LogP contribution in [0.25, 0.3) is 11.5 Å². The Labute approximate surface area is 163 Å². The normalized spacial score (nSPS) is 15.0. The highest BCUT2D eigenvalue weighted by Gasteiger charge is 2.22. The van der Waals surface area contributed by atoms with Gasteiger partial charge in [-0.1, -0.05) is 0 Å². The summed E-state index contributed by atoms with van der Waals surface area (Å²) in [4.78, 5) is 21.1. The summed E-state index contributed by atoms with van der Waals surface area (Å²) in [5.41, 5.74) is 1.56. The molecule has 9 nitrogen and oxygen atoms in total. The molecule has 0 radical (unpaired) electrons. The van der Waals surface area contributed by atoms with Crippen LogP contribution in [0, 0.1) is 6.92 Å².